The van der Waals surface area contributed by atoms with Crippen LogP contribution in [0.25, 0.3) is 0 Å². The van der Waals surface area contributed by atoms with Crippen LogP contribution < -0.4 is 10.5 Å². The molecule has 3 rings (SSSR count). The molecular formula is C13H10BrN3O3. The van der Waals surface area contributed by atoms with E-state index in [1.165, 1.54) is 6.07 Å². The molecule has 1 atom stereocenters. The fourth-order valence-corrected chi connectivity index (χ4v) is 2.73. The third kappa shape index (κ3) is 2.00. The molecule has 1 aliphatic rings. The summed E-state index contributed by atoms with van der Waals surface area (Å²) in [5.41, 5.74) is 5.87. The number of ether oxygens (including phenoxy) is 1. The highest BCUT2D eigenvalue weighted by Gasteiger charge is 2.32. The van der Waals surface area contributed by atoms with Gasteiger partial charge in [0, 0.05) is 18.0 Å². The average Bonchev–Trinajstić information content (AvgIpc) is 2.93. The maximum atomic E-state index is 12.5. The van der Waals surface area contributed by atoms with Gasteiger partial charge in [0.15, 0.2) is 5.78 Å². The van der Waals surface area contributed by atoms with Crippen LogP contribution in [-0.2, 0) is 0 Å². The maximum absolute atomic E-state index is 12.5. The fraction of sp³-hybridized carbons (Fsp3) is 0.154. The topological polar surface area (TPSA) is 87.2 Å². The molecule has 0 aliphatic carbocycles. The van der Waals surface area contributed by atoms with Crippen molar-refractivity contribution in [3.8, 4) is 5.75 Å². The summed E-state index contributed by atoms with van der Waals surface area (Å²) in [6.07, 6.45) is 4.85. The normalized spacial score (nSPS) is 17.4. The summed E-state index contributed by atoms with van der Waals surface area (Å²) in [6.45, 7) is 0.219. The lowest BCUT2D eigenvalue weighted by Gasteiger charge is -2.26. The Labute approximate surface area is 122 Å². The molecule has 102 valence electrons. The first kappa shape index (κ1) is 12.9. The molecule has 1 aliphatic heterocycles. The van der Waals surface area contributed by atoms with E-state index in [0.29, 0.717) is 15.8 Å². The van der Waals surface area contributed by atoms with Crippen molar-refractivity contribution in [2.24, 2.45) is 5.73 Å². The molecule has 0 spiro atoms. The summed E-state index contributed by atoms with van der Waals surface area (Å²) in [6, 6.07) is 2.53. The standard InChI is InChI=1S/C13H10BrN3O3/c14-9-4-7(13(15)19)3-8-11(18)10(5-20-12(8)9)17-2-1-16-6-17/h1-4,6,10H,5H2,(H2,15,19). The van der Waals surface area contributed by atoms with Crippen molar-refractivity contribution in [1.82, 2.24) is 9.55 Å². The number of fused-ring (bicyclic) bond motifs is 1. The number of hydrogen-bond donors (Lipinski definition) is 1. The average molecular weight is 336 g/mol. The molecule has 2 aromatic rings. The van der Waals surface area contributed by atoms with Gasteiger partial charge in [-0.3, -0.25) is 9.59 Å². The Kier molecular flexibility index (Phi) is 3.06. The molecule has 0 radical (unpaired) electrons. The number of primary amides is 1. The first-order valence-electron chi connectivity index (χ1n) is 5.85. The molecule has 0 bridgehead atoms. The van der Waals surface area contributed by atoms with Crippen molar-refractivity contribution < 1.29 is 14.3 Å². The van der Waals surface area contributed by atoms with Gasteiger partial charge in [-0.25, -0.2) is 4.98 Å². The predicted molar refractivity (Wildman–Crippen MR) is 73.7 cm³/mol. The monoisotopic (exact) mass is 335 g/mol. The summed E-state index contributed by atoms with van der Waals surface area (Å²) >= 11 is 3.29. The van der Waals surface area contributed by atoms with E-state index in [9.17, 15) is 9.59 Å². The summed E-state index contributed by atoms with van der Waals surface area (Å²) < 4.78 is 7.85. The Balaban J connectivity index is 2.08. The summed E-state index contributed by atoms with van der Waals surface area (Å²) in [5.74, 6) is -0.282. The van der Waals surface area contributed by atoms with Crippen LogP contribution in [0.4, 0.5) is 0 Å². The number of nitrogens with zero attached hydrogens (tertiary/aromatic N) is 2. The van der Waals surface area contributed by atoms with Crippen molar-refractivity contribution in [2.45, 2.75) is 6.04 Å². The van der Waals surface area contributed by atoms with Gasteiger partial charge in [-0.1, -0.05) is 0 Å². The zero-order chi connectivity index (χ0) is 14.3. The highest BCUT2D eigenvalue weighted by atomic mass is 79.9. The van der Waals surface area contributed by atoms with Crippen LogP contribution in [0.15, 0.2) is 35.3 Å². The number of aromatic nitrogens is 2. The van der Waals surface area contributed by atoms with E-state index in [-0.39, 0.29) is 18.0 Å². The van der Waals surface area contributed by atoms with Crippen LogP contribution in [0.3, 0.4) is 0 Å². The second kappa shape index (κ2) is 4.75. The number of imidazole rings is 1. The lowest BCUT2D eigenvalue weighted by Crippen LogP contribution is -2.30. The van der Waals surface area contributed by atoms with E-state index in [1.807, 2.05) is 0 Å². The van der Waals surface area contributed by atoms with Gasteiger partial charge < -0.3 is 15.0 Å². The second-order valence-corrected chi connectivity index (χ2v) is 5.25. The highest BCUT2D eigenvalue weighted by Crippen LogP contribution is 2.36. The molecule has 1 amide bonds. The number of amides is 1. The molecule has 7 heteroatoms. The molecule has 1 unspecified atom stereocenters. The van der Waals surface area contributed by atoms with Crippen molar-refractivity contribution in [1.29, 1.82) is 0 Å². The molecule has 2 heterocycles. The van der Waals surface area contributed by atoms with Gasteiger partial charge in [0.1, 0.15) is 18.4 Å². The molecule has 0 saturated carbocycles. The maximum Gasteiger partial charge on any atom is 0.248 e. The van der Waals surface area contributed by atoms with Gasteiger partial charge in [-0.15, -0.1) is 0 Å². The molecule has 2 N–H and O–H groups in total. The number of ketones is 1. The van der Waals surface area contributed by atoms with Crippen LogP contribution in [0.1, 0.15) is 26.8 Å². The van der Waals surface area contributed by atoms with Crippen LogP contribution in [0.2, 0.25) is 0 Å². The Morgan fingerprint density at radius 1 is 1.50 bits per heavy atom. The van der Waals surface area contributed by atoms with Crippen LogP contribution in [0.5, 0.6) is 5.75 Å². The summed E-state index contributed by atoms with van der Waals surface area (Å²) in [5, 5.41) is 0. The van der Waals surface area contributed by atoms with E-state index >= 15 is 0 Å². The van der Waals surface area contributed by atoms with E-state index < -0.39 is 11.9 Å². The van der Waals surface area contributed by atoms with Gasteiger partial charge in [0.05, 0.1) is 16.4 Å². The zero-order valence-electron chi connectivity index (χ0n) is 10.2. The largest absolute Gasteiger partial charge is 0.489 e. The van der Waals surface area contributed by atoms with Gasteiger partial charge in [0.2, 0.25) is 5.91 Å². The second-order valence-electron chi connectivity index (χ2n) is 4.40. The molecule has 0 fully saturated rings. The van der Waals surface area contributed by atoms with Crippen LogP contribution in [0, 0.1) is 0 Å². The quantitative estimate of drug-likeness (QED) is 0.902. The minimum atomic E-state index is -0.592. The number of Topliss-reactive ketones (excluding diaryl/α,β-unsaturated/α-hetero) is 1. The van der Waals surface area contributed by atoms with Gasteiger partial charge in [-0.2, -0.15) is 0 Å². The predicted octanol–water partition coefficient (Wildman–Crippen LogP) is 1.56. The van der Waals surface area contributed by atoms with Crippen molar-refractivity contribution in [3.05, 3.63) is 46.5 Å². The first-order chi connectivity index (χ1) is 9.58. The van der Waals surface area contributed by atoms with E-state index in [2.05, 4.69) is 20.9 Å². The third-order valence-electron chi connectivity index (χ3n) is 3.17. The Bertz CT molecular complexity index is 697. The first-order valence-corrected chi connectivity index (χ1v) is 6.65. The molecule has 1 aromatic carbocycles. The minimum Gasteiger partial charge on any atom is -0.489 e. The number of benzene rings is 1. The Morgan fingerprint density at radius 3 is 2.95 bits per heavy atom. The Morgan fingerprint density at radius 2 is 2.30 bits per heavy atom. The molecule has 20 heavy (non-hydrogen) atoms. The number of carbonyl (C=O) groups excluding carboxylic acids is 2. The van der Waals surface area contributed by atoms with E-state index in [0.717, 1.165) is 0 Å². The number of rotatable bonds is 2. The lowest BCUT2D eigenvalue weighted by atomic mass is 9.98. The van der Waals surface area contributed by atoms with Crippen molar-refractivity contribution in [3.63, 3.8) is 0 Å². The number of nitrogens with two attached hydrogens (primary N) is 1. The highest BCUT2D eigenvalue weighted by molar-refractivity contribution is 9.10. The van der Waals surface area contributed by atoms with Gasteiger partial charge in [0.25, 0.3) is 0 Å². The lowest BCUT2D eigenvalue weighted by molar-refractivity contribution is 0.0840. The molecule has 1 aromatic heterocycles. The molecule has 6 nitrogen and oxygen atoms in total. The van der Waals surface area contributed by atoms with Gasteiger partial charge in [-0.05, 0) is 28.1 Å². The van der Waals surface area contributed by atoms with Crippen LogP contribution >= 0.6 is 15.9 Å². The number of carbonyl (C=O) groups is 2. The zero-order valence-corrected chi connectivity index (χ0v) is 11.8. The van der Waals surface area contributed by atoms with Gasteiger partial charge >= 0.3 is 0 Å². The summed E-state index contributed by atoms with van der Waals surface area (Å²) in [4.78, 5) is 27.8. The van der Waals surface area contributed by atoms with E-state index in [4.69, 9.17) is 10.5 Å². The Hall–Kier alpha value is -2.15. The SMILES string of the molecule is NC(=O)c1cc(Br)c2c(c1)C(=O)C(n1ccnc1)CO2. The van der Waals surface area contributed by atoms with E-state index in [1.54, 1.807) is 29.4 Å². The number of halogens is 1. The summed E-state index contributed by atoms with van der Waals surface area (Å²) in [7, 11) is 0. The third-order valence-corrected chi connectivity index (χ3v) is 3.76. The van der Waals surface area contributed by atoms with Crippen molar-refractivity contribution in [2.75, 3.05) is 6.61 Å². The molecule has 0 saturated heterocycles. The van der Waals surface area contributed by atoms with Crippen molar-refractivity contribution >= 4 is 27.6 Å². The van der Waals surface area contributed by atoms with Crippen LogP contribution in [-0.4, -0.2) is 27.8 Å². The fourth-order valence-electron chi connectivity index (χ4n) is 2.16. The molecular weight excluding hydrogens is 326 g/mol. The number of hydrogen-bond acceptors (Lipinski definition) is 4. The minimum absolute atomic E-state index is 0.131. The smallest absolute Gasteiger partial charge is 0.248 e.